The minimum absolute atomic E-state index is 0.0667. The predicted molar refractivity (Wildman–Crippen MR) is 134 cm³/mol. The molecule has 1 amide bonds. The molecule has 176 valence electrons. The van der Waals surface area contributed by atoms with Crippen molar-refractivity contribution in [2.75, 3.05) is 25.2 Å². The number of amides is 1. The van der Waals surface area contributed by atoms with Crippen molar-refractivity contribution < 1.29 is 14.6 Å². The molecule has 0 saturated heterocycles. The molecule has 1 atom stereocenters. The highest BCUT2D eigenvalue weighted by atomic mass is 35.5. The number of nitrogens with zero attached hydrogens (tertiary/aromatic N) is 3. The molecule has 2 heterocycles. The van der Waals surface area contributed by atoms with Gasteiger partial charge in [-0.05, 0) is 55.2 Å². The van der Waals surface area contributed by atoms with Crippen LogP contribution in [-0.4, -0.2) is 57.0 Å². The summed E-state index contributed by atoms with van der Waals surface area (Å²) in [6.07, 6.45) is 6.97. The third kappa shape index (κ3) is 7.37. The van der Waals surface area contributed by atoms with Gasteiger partial charge in [-0.1, -0.05) is 23.2 Å². The number of pyridine rings is 1. The first-order valence-corrected chi connectivity index (χ1v) is 12.6. The average molecular weight is 509 g/mol. The summed E-state index contributed by atoms with van der Waals surface area (Å²) >= 11 is 13.9. The van der Waals surface area contributed by atoms with Crippen LogP contribution < -0.4 is 10.1 Å². The molecule has 0 unspecified atom stereocenters. The van der Waals surface area contributed by atoms with E-state index >= 15 is 0 Å². The summed E-state index contributed by atoms with van der Waals surface area (Å²) in [5, 5.41) is 17.8. The molecule has 2 N–H and O–H groups in total. The van der Waals surface area contributed by atoms with E-state index in [0.717, 1.165) is 17.7 Å². The lowest BCUT2D eigenvalue weighted by Gasteiger charge is -2.15. The molecular formula is C23H26Cl2N4O3S. The molecule has 3 aromatic rings. The van der Waals surface area contributed by atoms with Gasteiger partial charge in [-0.2, -0.15) is 16.9 Å². The number of aliphatic hydroxyl groups excluding tert-OH is 1. The number of thioether (sulfide) groups is 1. The van der Waals surface area contributed by atoms with Gasteiger partial charge in [0.25, 0.3) is 0 Å². The summed E-state index contributed by atoms with van der Waals surface area (Å²) in [4.78, 5) is 16.3. The normalized spacial score (nSPS) is 11.9. The second-order valence-corrected chi connectivity index (χ2v) is 9.10. The summed E-state index contributed by atoms with van der Waals surface area (Å²) in [5.74, 6) is 1.29. The van der Waals surface area contributed by atoms with E-state index in [1.807, 2.05) is 24.5 Å². The van der Waals surface area contributed by atoms with E-state index in [0.29, 0.717) is 46.8 Å². The Hall–Kier alpha value is -2.26. The number of aromatic nitrogens is 3. The largest absolute Gasteiger partial charge is 0.478 e. The Labute approximate surface area is 207 Å². The van der Waals surface area contributed by atoms with Gasteiger partial charge in [0, 0.05) is 30.4 Å². The number of hydrogen-bond acceptors (Lipinski definition) is 6. The molecule has 0 bridgehead atoms. The van der Waals surface area contributed by atoms with Gasteiger partial charge in [-0.3, -0.25) is 9.78 Å². The topological polar surface area (TPSA) is 89.3 Å². The molecule has 33 heavy (non-hydrogen) atoms. The standard InChI is InChI=1S/C23H26Cl2N4O3S/c1-33-11-8-17(15-30)27-22(31)5-3-10-32-23-13-21(16-4-2-9-26-14-16)28-29(23)18-6-7-19(24)20(25)12-18/h2,4,6-7,9,12-14,17,30H,3,5,8,10-11,15H2,1H3,(H,27,31)/t17-/m0/s1. The van der Waals surface area contributed by atoms with E-state index in [1.165, 1.54) is 0 Å². The highest BCUT2D eigenvalue weighted by Gasteiger charge is 2.15. The molecule has 0 fully saturated rings. The Morgan fingerprint density at radius 2 is 2.12 bits per heavy atom. The molecule has 10 heteroatoms. The number of hydrogen-bond donors (Lipinski definition) is 2. The number of ether oxygens (including phenoxy) is 1. The fourth-order valence-electron chi connectivity index (χ4n) is 3.10. The maximum atomic E-state index is 12.2. The minimum atomic E-state index is -0.219. The van der Waals surface area contributed by atoms with Crippen molar-refractivity contribution in [1.29, 1.82) is 0 Å². The molecule has 3 rings (SSSR count). The smallest absolute Gasteiger partial charge is 0.220 e. The number of aliphatic hydroxyl groups is 1. The Bertz CT molecular complexity index is 1050. The van der Waals surface area contributed by atoms with E-state index < -0.39 is 0 Å². The summed E-state index contributed by atoms with van der Waals surface area (Å²) < 4.78 is 7.63. The fraction of sp³-hybridized carbons (Fsp3) is 0.348. The lowest BCUT2D eigenvalue weighted by atomic mass is 10.2. The van der Waals surface area contributed by atoms with E-state index in [-0.39, 0.29) is 18.6 Å². The van der Waals surface area contributed by atoms with Gasteiger partial charge in [0.2, 0.25) is 11.8 Å². The van der Waals surface area contributed by atoms with Crippen molar-refractivity contribution in [3.63, 3.8) is 0 Å². The molecule has 0 aliphatic rings. The quantitative estimate of drug-likeness (QED) is 0.346. The van der Waals surface area contributed by atoms with Crippen LogP contribution in [0.2, 0.25) is 10.0 Å². The van der Waals surface area contributed by atoms with E-state index in [4.69, 9.17) is 27.9 Å². The number of carbonyl (C=O) groups is 1. The number of carbonyl (C=O) groups excluding carboxylic acids is 1. The molecule has 1 aromatic carbocycles. The summed E-state index contributed by atoms with van der Waals surface area (Å²) in [5.41, 5.74) is 2.24. The number of nitrogens with one attached hydrogen (secondary N) is 1. The van der Waals surface area contributed by atoms with E-state index in [1.54, 1.807) is 47.0 Å². The third-order valence-electron chi connectivity index (χ3n) is 4.84. The number of halogens is 2. The Morgan fingerprint density at radius 3 is 2.82 bits per heavy atom. The maximum absolute atomic E-state index is 12.2. The first-order valence-electron chi connectivity index (χ1n) is 10.5. The van der Waals surface area contributed by atoms with E-state index in [2.05, 4.69) is 15.4 Å². The van der Waals surface area contributed by atoms with Crippen LogP contribution in [0.25, 0.3) is 16.9 Å². The highest BCUT2D eigenvalue weighted by molar-refractivity contribution is 7.98. The zero-order valence-electron chi connectivity index (χ0n) is 18.2. The van der Waals surface area contributed by atoms with Gasteiger partial charge in [0.05, 0.1) is 40.7 Å². The van der Waals surface area contributed by atoms with Crippen LogP contribution in [0.1, 0.15) is 19.3 Å². The van der Waals surface area contributed by atoms with Gasteiger partial charge < -0.3 is 15.2 Å². The zero-order chi connectivity index (χ0) is 23.6. The third-order valence-corrected chi connectivity index (χ3v) is 6.22. The van der Waals surface area contributed by atoms with Crippen molar-refractivity contribution in [3.8, 4) is 22.8 Å². The second kappa shape index (κ2) is 12.8. The molecule has 0 radical (unpaired) electrons. The van der Waals surface area contributed by atoms with Gasteiger partial charge >= 0.3 is 0 Å². The molecule has 0 aliphatic carbocycles. The fourth-order valence-corrected chi connectivity index (χ4v) is 3.91. The van der Waals surface area contributed by atoms with E-state index in [9.17, 15) is 9.90 Å². The van der Waals surface area contributed by atoms with Crippen LogP contribution in [0.5, 0.6) is 5.88 Å². The monoisotopic (exact) mass is 508 g/mol. The number of benzene rings is 1. The second-order valence-electron chi connectivity index (χ2n) is 7.30. The van der Waals surface area contributed by atoms with Crippen LogP contribution in [-0.2, 0) is 4.79 Å². The van der Waals surface area contributed by atoms with Crippen LogP contribution in [0.15, 0.2) is 48.8 Å². The molecule has 2 aromatic heterocycles. The van der Waals surface area contributed by atoms with Crippen LogP contribution in [0.3, 0.4) is 0 Å². The van der Waals surface area contributed by atoms with Crippen LogP contribution in [0.4, 0.5) is 0 Å². The predicted octanol–water partition coefficient (Wildman–Crippen LogP) is 4.63. The van der Waals surface area contributed by atoms with Crippen LogP contribution in [0, 0.1) is 0 Å². The minimum Gasteiger partial charge on any atom is -0.478 e. The van der Waals surface area contributed by atoms with Crippen molar-refractivity contribution in [1.82, 2.24) is 20.1 Å². The van der Waals surface area contributed by atoms with Gasteiger partial charge in [-0.15, -0.1) is 0 Å². The summed E-state index contributed by atoms with van der Waals surface area (Å²) in [6, 6.07) is 10.6. The Morgan fingerprint density at radius 1 is 1.27 bits per heavy atom. The van der Waals surface area contributed by atoms with Gasteiger partial charge in [0.15, 0.2) is 0 Å². The molecule has 0 aliphatic heterocycles. The average Bonchev–Trinajstić information content (AvgIpc) is 3.26. The van der Waals surface area contributed by atoms with Crippen molar-refractivity contribution in [3.05, 3.63) is 58.8 Å². The Balaban J connectivity index is 1.67. The number of rotatable bonds is 12. The molecule has 0 saturated carbocycles. The lowest BCUT2D eigenvalue weighted by molar-refractivity contribution is -0.122. The molecule has 0 spiro atoms. The first kappa shape index (κ1) is 25.4. The van der Waals surface area contributed by atoms with Gasteiger partial charge in [-0.25, -0.2) is 4.68 Å². The van der Waals surface area contributed by atoms with Crippen molar-refractivity contribution >= 4 is 40.9 Å². The molecular weight excluding hydrogens is 483 g/mol. The SMILES string of the molecule is CSCC[C@@H](CO)NC(=O)CCCOc1cc(-c2cccnc2)nn1-c1ccc(Cl)c(Cl)c1. The molecule has 7 nitrogen and oxygen atoms in total. The summed E-state index contributed by atoms with van der Waals surface area (Å²) in [6.45, 7) is 0.254. The zero-order valence-corrected chi connectivity index (χ0v) is 20.5. The Kier molecular flexibility index (Phi) is 9.87. The van der Waals surface area contributed by atoms with Crippen molar-refractivity contribution in [2.45, 2.75) is 25.3 Å². The summed E-state index contributed by atoms with van der Waals surface area (Å²) in [7, 11) is 0. The maximum Gasteiger partial charge on any atom is 0.220 e. The van der Waals surface area contributed by atoms with Gasteiger partial charge in [0.1, 0.15) is 0 Å². The highest BCUT2D eigenvalue weighted by Crippen LogP contribution is 2.29. The lowest BCUT2D eigenvalue weighted by Crippen LogP contribution is -2.37. The first-order chi connectivity index (χ1) is 16.0. The van der Waals surface area contributed by atoms with Crippen LogP contribution >= 0.6 is 35.0 Å². The van der Waals surface area contributed by atoms with Crippen molar-refractivity contribution in [2.24, 2.45) is 0 Å².